The van der Waals surface area contributed by atoms with Gasteiger partial charge >= 0.3 is 6.09 Å². The Morgan fingerprint density at radius 3 is 2.62 bits per heavy atom. The highest BCUT2D eigenvalue weighted by atomic mass is 16.6. The number of benzene rings is 1. The Morgan fingerprint density at radius 2 is 1.95 bits per heavy atom. The van der Waals surface area contributed by atoms with Crippen molar-refractivity contribution >= 4 is 11.9 Å². The van der Waals surface area contributed by atoms with Crippen LogP contribution in [0.2, 0.25) is 0 Å². The summed E-state index contributed by atoms with van der Waals surface area (Å²) < 4.78 is 5.46. The molecule has 1 aromatic rings. The smallest absolute Gasteiger partial charge is 0.410 e. The number of ketones is 1. The zero-order chi connectivity index (χ0) is 14.8. The van der Waals surface area contributed by atoms with Gasteiger partial charge in [0, 0.05) is 24.9 Å². The summed E-state index contributed by atoms with van der Waals surface area (Å²) in [5.74, 6) is 0.757. The second-order valence-electron chi connectivity index (χ2n) is 6.15. The molecule has 4 heteroatoms. The standard InChI is InChI=1S/C17H21NO3/c1-12-9-15(19)10-16(14-7-8-14)18(12)17(20)21-11-13-5-3-2-4-6-13/h2-6,12,14,16H,7-11H2,1H3. The normalized spacial score (nSPS) is 25.8. The summed E-state index contributed by atoms with van der Waals surface area (Å²) in [6.45, 7) is 2.23. The van der Waals surface area contributed by atoms with E-state index in [1.54, 1.807) is 0 Å². The number of ether oxygens (including phenoxy) is 1. The molecule has 1 heterocycles. The van der Waals surface area contributed by atoms with Crippen LogP contribution in [-0.4, -0.2) is 28.9 Å². The van der Waals surface area contributed by atoms with E-state index in [-0.39, 0.29) is 30.6 Å². The summed E-state index contributed by atoms with van der Waals surface area (Å²) in [4.78, 5) is 26.0. The minimum atomic E-state index is -0.282. The van der Waals surface area contributed by atoms with Crippen molar-refractivity contribution < 1.29 is 14.3 Å². The largest absolute Gasteiger partial charge is 0.445 e. The Balaban J connectivity index is 1.65. The molecule has 0 N–H and O–H groups in total. The van der Waals surface area contributed by atoms with Gasteiger partial charge in [0.15, 0.2) is 0 Å². The molecule has 1 aromatic carbocycles. The van der Waals surface area contributed by atoms with Crippen molar-refractivity contribution in [2.24, 2.45) is 5.92 Å². The van der Waals surface area contributed by atoms with Crippen LogP contribution < -0.4 is 0 Å². The highest BCUT2D eigenvalue weighted by Gasteiger charge is 2.44. The van der Waals surface area contributed by atoms with Crippen LogP contribution >= 0.6 is 0 Å². The second-order valence-corrected chi connectivity index (χ2v) is 6.15. The van der Waals surface area contributed by atoms with Crippen molar-refractivity contribution in [2.45, 2.75) is 51.3 Å². The highest BCUT2D eigenvalue weighted by Crippen LogP contribution is 2.40. The monoisotopic (exact) mass is 287 g/mol. The molecule has 1 saturated heterocycles. The topological polar surface area (TPSA) is 46.6 Å². The molecular weight excluding hydrogens is 266 g/mol. The molecule has 0 radical (unpaired) electrons. The van der Waals surface area contributed by atoms with Crippen molar-refractivity contribution in [3.63, 3.8) is 0 Å². The Labute approximate surface area is 125 Å². The lowest BCUT2D eigenvalue weighted by Gasteiger charge is -2.39. The van der Waals surface area contributed by atoms with Crippen molar-refractivity contribution in [3.8, 4) is 0 Å². The van der Waals surface area contributed by atoms with Gasteiger partial charge in [0.1, 0.15) is 12.4 Å². The van der Waals surface area contributed by atoms with Gasteiger partial charge in [-0.3, -0.25) is 4.79 Å². The number of carbonyl (C=O) groups is 2. The lowest BCUT2D eigenvalue weighted by Crippen LogP contribution is -2.52. The predicted octanol–water partition coefficient (Wildman–Crippen LogP) is 3.16. The van der Waals surface area contributed by atoms with Crippen molar-refractivity contribution in [3.05, 3.63) is 35.9 Å². The molecule has 2 aliphatic rings. The number of rotatable bonds is 3. The number of Topliss-reactive ketones (excluding diaryl/α,β-unsaturated/α-hetero) is 1. The molecule has 0 spiro atoms. The molecule has 0 aromatic heterocycles. The minimum absolute atomic E-state index is 0.0459. The molecule has 2 fully saturated rings. The van der Waals surface area contributed by atoms with Crippen LogP contribution in [0.3, 0.4) is 0 Å². The van der Waals surface area contributed by atoms with Gasteiger partial charge < -0.3 is 9.64 Å². The third kappa shape index (κ3) is 3.26. The molecule has 1 amide bonds. The number of amides is 1. The first-order valence-electron chi connectivity index (χ1n) is 7.66. The van der Waals surface area contributed by atoms with E-state index in [0.29, 0.717) is 18.8 Å². The maximum atomic E-state index is 12.4. The molecular formula is C17H21NO3. The summed E-state index contributed by atoms with van der Waals surface area (Å²) in [6, 6.07) is 9.66. The fraction of sp³-hybridized carbons (Fsp3) is 0.529. The van der Waals surface area contributed by atoms with Crippen molar-refractivity contribution in [1.82, 2.24) is 4.90 Å². The fourth-order valence-electron chi connectivity index (χ4n) is 3.15. The molecule has 21 heavy (non-hydrogen) atoms. The van der Waals surface area contributed by atoms with Crippen molar-refractivity contribution in [1.29, 1.82) is 0 Å². The Bertz CT molecular complexity index is 524. The molecule has 4 nitrogen and oxygen atoms in total. The van der Waals surface area contributed by atoms with E-state index in [1.807, 2.05) is 42.2 Å². The predicted molar refractivity (Wildman–Crippen MR) is 78.7 cm³/mol. The first-order chi connectivity index (χ1) is 10.1. The maximum Gasteiger partial charge on any atom is 0.410 e. The summed E-state index contributed by atoms with van der Waals surface area (Å²) in [5.41, 5.74) is 0.981. The molecule has 2 atom stereocenters. The van der Waals surface area contributed by atoms with Crippen LogP contribution in [0.4, 0.5) is 4.79 Å². The van der Waals surface area contributed by atoms with Gasteiger partial charge in [-0.25, -0.2) is 4.79 Å². The van der Waals surface area contributed by atoms with Gasteiger partial charge in [-0.2, -0.15) is 0 Å². The van der Waals surface area contributed by atoms with E-state index in [4.69, 9.17) is 4.74 Å². The first-order valence-corrected chi connectivity index (χ1v) is 7.66. The van der Waals surface area contributed by atoms with Gasteiger partial charge in [0.05, 0.1) is 0 Å². The molecule has 1 aliphatic carbocycles. The first kappa shape index (κ1) is 14.1. The molecule has 0 bridgehead atoms. The van der Waals surface area contributed by atoms with Crippen LogP contribution in [0.1, 0.15) is 38.2 Å². The van der Waals surface area contributed by atoms with E-state index >= 15 is 0 Å². The average Bonchev–Trinajstić information content (AvgIpc) is 3.29. The summed E-state index contributed by atoms with van der Waals surface area (Å²) in [6.07, 6.45) is 2.90. The number of nitrogens with zero attached hydrogens (tertiary/aromatic N) is 1. The van der Waals surface area contributed by atoms with Gasteiger partial charge in [-0.1, -0.05) is 30.3 Å². The van der Waals surface area contributed by atoms with Crippen LogP contribution in [-0.2, 0) is 16.1 Å². The third-order valence-electron chi connectivity index (χ3n) is 4.37. The van der Waals surface area contributed by atoms with Gasteiger partial charge in [-0.15, -0.1) is 0 Å². The minimum Gasteiger partial charge on any atom is -0.445 e. The van der Waals surface area contributed by atoms with E-state index in [0.717, 1.165) is 18.4 Å². The molecule has 112 valence electrons. The van der Waals surface area contributed by atoms with E-state index in [1.165, 1.54) is 0 Å². The zero-order valence-electron chi connectivity index (χ0n) is 12.3. The summed E-state index contributed by atoms with van der Waals surface area (Å²) >= 11 is 0. The number of carbonyl (C=O) groups excluding carboxylic acids is 2. The molecule has 2 unspecified atom stereocenters. The summed E-state index contributed by atoms with van der Waals surface area (Å²) in [7, 11) is 0. The molecule has 1 saturated carbocycles. The second kappa shape index (κ2) is 5.88. The number of hydrogen-bond donors (Lipinski definition) is 0. The Kier molecular flexibility index (Phi) is 3.95. The Hall–Kier alpha value is -1.84. The number of piperidine rings is 1. The number of hydrogen-bond acceptors (Lipinski definition) is 3. The average molecular weight is 287 g/mol. The Morgan fingerprint density at radius 1 is 1.24 bits per heavy atom. The lowest BCUT2D eigenvalue weighted by atomic mass is 9.93. The molecule has 3 rings (SSSR count). The van der Waals surface area contributed by atoms with Crippen LogP contribution in [0.15, 0.2) is 30.3 Å². The third-order valence-corrected chi connectivity index (χ3v) is 4.37. The highest BCUT2D eigenvalue weighted by molar-refractivity contribution is 5.83. The van der Waals surface area contributed by atoms with Gasteiger partial charge in [-0.05, 0) is 31.2 Å². The van der Waals surface area contributed by atoms with Crippen LogP contribution in [0.25, 0.3) is 0 Å². The fourth-order valence-corrected chi connectivity index (χ4v) is 3.15. The van der Waals surface area contributed by atoms with E-state index in [2.05, 4.69) is 0 Å². The SMILES string of the molecule is CC1CC(=O)CC(C2CC2)N1C(=O)OCc1ccccc1. The van der Waals surface area contributed by atoms with Gasteiger partial charge in [0.25, 0.3) is 0 Å². The van der Waals surface area contributed by atoms with Crippen molar-refractivity contribution in [2.75, 3.05) is 0 Å². The lowest BCUT2D eigenvalue weighted by molar-refractivity contribution is -0.124. The van der Waals surface area contributed by atoms with Gasteiger partial charge in [0.2, 0.25) is 0 Å². The van der Waals surface area contributed by atoms with E-state index < -0.39 is 0 Å². The molecule has 1 aliphatic heterocycles. The van der Waals surface area contributed by atoms with Crippen LogP contribution in [0.5, 0.6) is 0 Å². The zero-order valence-corrected chi connectivity index (χ0v) is 12.3. The quantitative estimate of drug-likeness (QED) is 0.858. The van der Waals surface area contributed by atoms with Crippen LogP contribution in [0, 0.1) is 5.92 Å². The number of likely N-dealkylation sites (tertiary alicyclic amines) is 1. The maximum absolute atomic E-state index is 12.4. The van der Waals surface area contributed by atoms with E-state index in [9.17, 15) is 9.59 Å². The summed E-state index contributed by atoms with van der Waals surface area (Å²) in [5, 5.41) is 0.